The first-order valence-corrected chi connectivity index (χ1v) is 17.0. The second-order valence-electron chi connectivity index (χ2n) is 13.0. The van der Waals surface area contributed by atoms with Gasteiger partial charge in [-0.25, -0.2) is 9.97 Å². The van der Waals surface area contributed by atoms with Gasteiger partial charge in [-0.1, -0.05) is 127 Å². The standard InChI is InChI=1S/C46H28N4/c1-4-13-29(14-5-1)43-42-38-28-32(31-23-25-40-37(27-31)36-21-12-20-35-34-19-10-11-22-39(34)50(40)44(35)36)24-26-41(38)49(33-17-8-3-9-18-33)46(42)48-45(47-43)30-15-6-2-7-16-30/h1-28H. The van der Waals surface area contributed by atoms with Crippen molar-refractivity contribution < 1.29 is 0 Å². The van der Waals surface area contributed by atoms with Gasteiger partial charge in [0.25, 0.3) is 0 Å². The summed E-state index contributed by atoms with van der Waals surface area (Å²) < 4.78 is 4.72. The molecule has 0 amide bonds. The van der Waals surface area contributed by atoms with Crippen molar-refractivity contribution in [3.8, 4) is 39.5 Å². The van der Waals surface area contributed by atoms with Crippen molar-refractivity contribution in [3.63, 3.8) is 0 Å². The molecule has 11 aromatic rings. The van der Waals surface area contributed by atoms with Gasteiger partial charge in [0.05, 0.1) is 33.1 Å². The summed E-state index contributed by atoms with van der Waals surface area (Å²) in [5.74, 6) is 0.710. The van der Waals surface area contributed by atoms with Crippen molar-refractivity contribution in [2.75, 3.05) is 0 Å². The van der Waals surface area contributed by atoms with Crippen LogP contribution in [0.25, 0.3) is 99.5 Å². The topological polar surface area (TPSA) is 35.1 Å². The summed E-state index contributed by atoms with van der Waals surface area (Å²) in [6, 6.07) is 60.5. The molecule has 11 rings (SSSR count). The highest BCUT2D eigenvalue weighted by atomic mass is 15.1. The summed E-state index contributed by atoms with van der Waals surface area (Å²) in [6.45, 7) is 0. The Morgan fingerprint density at radius 2 is 0.960 bits per heavy atom. The number of hydrogen-bond donors (Lipinski definition) is 0. The molecule has 0 N–H and O–H groups in total. The number of benzene rings is 7. The summed E-state index contributed by atoms with van der Waals surface area (Å²) in [5, 5.41) is 7.32. The van der Waals surface area contributed by atoms with E-state index >= 15 is 0 Å². The van der Waals surface area contributed by atoms with Gasteiger partial charge in [-0.3, -0.25) is 4.57 Å². The van der Waals surface area contributed by atoms with E-state index in [2.05, 4.69) is 161 Å². The Balaban J connectivity index is 1.21. The lowest BCUT2D eigenvalue weighted by Gasteiger charge is -2.10. The lowest BCUT2D eigenvalue weighted by molar-refractivity contribution is 1.11. The predicted octanol–water partition coefficient (Wildman–Crippen LogP) is 11.7. The minimum atomic E-state index is 0.710. The molecular weight excluding hydrogens is 609 g/mol. The predicted molar refractivity (Wildman–Crippen MR) is 207 cm³/mol. The number of hydrogen-bond acceptors (Lipinski definition) is 2. The van der Waals surface area contributed by atoms with Crippen molar-refractivity contribution in [2.24, 2.45) is 0 Å². The maximum Gasteiger partial charge on any atom is 0.162 e. The molecule has 0 aliphatic rings. The van der Waals surface area contributed by atoms with Gasteiger partial charge in [-0.05, 0) is 53.6 Å². The van der Waals surface area contributed by atoms with Crippen LogP contribution >= 0.6 is 0 Å². The van der Waals surface area contributed by atoms with E-state index in [-0.39, 0.29) is 0 Å². The van der Waals surface area contributed by atoms with Crippen LogP contribution in [-0.4, -0.2) is 18.9 Å². The second kappa shape index (κ2) is 10.4. The molecule has 0 atom stereocenters. The molecule has 232 valence electrons. The average molecular weight is 637 g/mol. The fraction of sp³-hybridized carbons (Fsp3) is 0. The number of para-hydroxylation sites is 3. The van der Waals surface area contributed by atoms with Crippen LogP contribution in [0, 0.1) is 0 Å². The molecule has 4 aromatic heterocycles. The van der Waals surface area contributed by atoms with E-state index in [1.165, 1.54) is 43.7 Å². The molecule has 4 heteroatoms. The third kappa shape index (κ3) is 3.81. The molecule has 0 unspecified atom stereocenters. The molecule has 0 spiro atoms. The van der Waals surface area contributed by atoms with Crippen LogP contribution in [-0.2, 0) is 0 Å². The van der Waals surface area contributed by atoms with Crippen molar-refractivity contribution in [1.82, 2.24) is 18.9 Å². The van der Waals surface area contributed by atoms with Crippen LogP contribution in [0.4, 0.5) is 0 Å². The smallest absolute Gasteiger partial charge is 0.162 e. The summed E-state index contributed by atoms with van der Waals surface area (Å²) >= 11 is 0. The van der Waals surface area contributed by atoms with Crippen LogP contribution in [0.2, 0.25) is 0 Å². The Kier molecular flexibility index (Phi) is 5.63. The first-order chi connectivity index (χ1) is 24.8. The number of aromatic nitrogens is 4. The Bertz CT molecular complexity index is 3070. The van der Waals surface area contributed by atoms with Crippen molar-refractivity contribution in [2.45, 2.75) is 0 Å². The van der Waals surface area contributed by atoms with Crippen LogP contribution in [0.1, 0.15) is 0 Å². The zero-order valence-electron chi connectivity index (χ0n) is 27.0. The summed E-state index contributed by atoms with van der Waals surface area (Å²) in [4.78, 5) is 10.6. The summed E-state index contributed by atoms with van der Waals surface area (Å²) in [6.07, 6.45) is 0. The minimum absolute atomic E-state index is 0.710. The Hall–Kier alpha value is -6.78. The zero-order valence-corrected chi connectivity index (χ0v) is 27.0. The summed E-state index contributed by atoms with van der Waals surface area (Å²) in [5.41, 5.74) is 12.2. The highest BCUT2D eigenvalue weighted by Crippen LogP contribution is 2.42. The fourth-order valence-corrected chi connectivity index (χ4v) is 8.06. The van der Waals surface area contributed by atoms with Crippen molar-refractivity contribution in [1.29, 1.82) is 0 Å². The Morgan fingerprint density at radius 1 is 0.380 bits per heavy atom. The lowest BCUT2D eigenvalue weighted by Crippen LogP contribution is -1.99. The number of rotatable bonds is 4. The van der Waals surface area contributed by atoms with E-state index in [0.717, 1.165) is 50.0 Å². The minimum Gasteiger partial charge on any atom is -0.308 e. The molecule has 0 fully saturated rings. The van der Waals surface area contributed by atoms with Gasteiger partial charge >= 0.3 is 0 Å². The Morgan fingerprint density at radius 3 is 1.72 bits per heavy atom. The van der Waals surface area contributed by atoms with Crippen LogP contribution in [0.15, 0.2) is 170 Å². The fourth-order valence-electron chi connectivity index (χ4n) is 8.06. The molecule has 0 saturated heterocycles. The summed E-state index contributed by atoms with van der Waals surface area (Å²) in [7, 11) is 0. The van der Waals surface area contributed by atoms with E-state index in [4.69, 9.17) is 9.97 Å². The molecule has 0 aliphatic heterocycles. The normalized spacial score (nSPS) is 12.0. The maximum absolute atomic E-state index is 5.31. The molecule has 50 heavy (non-hydrogen) atoms. The second-order valence-corrected chi connectivity index (χ2v) is 13.0. The number of nitrogens with zero attached hydrogens (tertiary/aromatic N) is 4. The van der Waals surface area contributed by atoms with Gasteiger partial charge in [0.1, 0.15) is 5.65 Å². The molecule has 7 aromatic carbocycles. The van der Waals surface area contributed by atoms with Gasteiger partial charge in [0.15, 0.2) is 5.82 Å². The number of fused-ring (bicyclic) bond motifs is 9. The van der Waals surface area contributed by atoms with E-state index in [9.17, 15) is 0 Å². The third-order valence-corrected chi connectivity index (χ3v) is 10.3. The molecular formula is C46H28N4. The first-order valence-electron chi connectivity index (χ1n) is 17.0. The van der Waals surface area contributed by atoms with Gasteiger partial charge in [0.2, 0.25) is 0 Å². The van der Waals surface area contributed by atoms with E-state index in [1.54, 1.807) is 0 Å². The van der Waals surface area contributed by atoms with Gasteiger partial charge in [-0.2, -0.15) is 0 Å². The molecule has 0 saturated carbocycles. The van der Waals surface area contributed by atoms with Gasteiger partial charge in [-0.15, -0.1) is 0 Å². The third-order valence-electron chi connectivity index (χ3n) is 10.3. The van der Waals surface area contributed by atoms with Crippen LogP contribution < -0.4 is 0 Å². The highest BCUT2D eigenvalue weighted by Gasteiger charge is 2.22. The first kappa shape index (κ1) is 27.2. The van der Waals surface area contributed by atoms with E-state index in [0.29, 0.717) is 5.82 Å². The van der Waals surface area contributed by atoms with Gasteiger partial charge < -0.3 is 4.40 Å². The lowest BCUT2D eigenvalue weighted by atomic mass is 9.99. The van der Waals surface area contributed by atoms with Crippen LogP contribution in [0.3, 0.4) is 0 Å². The highest BCUT2D eigenvalue weighted by molar-refractivity contribution is 6.23. The quantitative estimate of drug-likeness (QED) is 0.193. The van der Waals surface area contributed by atoms with E-state index in [1.807, 2.05) is 18.2 Å². The molecule has 0 radical (unpaired) electrons. The molecule has 0 bridgehead atoms. The average Bonchev–Trinajstić information content (AvgIpc) is 3.83. The Labute approximate surface area is 287 Å². The molecule has 0 aliphatic carbocycles. The van der Waals surface area contributed by atoms with E-state index < -0.39 is 0 Å². The van der Waals surface area contributed by atoms with Crippen molar-refractivity contribution in [3.05, 3.63) is 170 Å². The van der Waals surface area contributed by atoms with Gasteiger partial charge in [0, 0.05) is 43.7 Å². The van der Waals surface area contributed by atoms with Crippen molar-refractivity contribution >= 4 is 60.0 Å². The molecule has 4 heterocycles. The largest absolute Gasteiger partial charge is 0.308 e. The zero-order chi connectivity index (χ0) is 32.8. The van der Waals surface area contributed by atoms with Crippen LogP contribution in [0.5, 0.6) is 0 Å². The SMILES string of the molecule is c1ccc(-c2nc(-c3ccccc3)c3c4cc(-c5ccc6c(c5)c5cccc7c8ccccc8n6c75)ccc4n(-c4ccccc4)c3n2)cc1. The maximum atomic E-state index is 5.31. The monoisotopic (exact) mass is 636 g/mol. The molecule has 4 nitrogen and oxygen atoms in total.